The predicted octanol–water partition coefficient (Wildman–Crippen LogP) is 5.54. The zero-order valence-corrected chi connectivity index (χ0v) is 15.5. The Labute approximate surface area is 161 Å². The van der Waals surface area contributed by atoms with Crippen LogP contribution in [-0.4, -0.2) is 11.8 Å². The van der Waals surface area contributed by atoms with Gasteiger partial charge in [-0.05, 0) is 49.4 Å². The van der Waals surface area contributed by atoms with Gasteiger partial charge >= 0.3 is 5.97 Å². The molecule has 0 aliphatic carbocycles. The van der Waals surface area contributed by atoms with Crippen LogP contribution in [0.2, 0.25) is 0 Å². The summed E-state index contributed by atoms with van der Waals surface area (Å²) >= 11 is 1.44. The molecule has 4 rings (SSSR count). The first-order chi connectivity index (χ1) is 13.1. The largest absolute Gasteiger partial charge is 0.422 e. The van der Waals surface area contributed by atoms with Crippen LogP contribution < -0.4 is 4.74 Å². The lowest BCUT2D eigenvalue weighted by Crippen LogP contribution is -2.09. The normalized spacial score (nSPS) is 14.3. The number of rotatable bonds is 3. The number of ether oxygens (including phenoxy) is 1. The third-order valence-corrected chi connectivity index (χ3v) is 5.34. The molecule has 27 heavy (non-hydrogen) atoms. The quantitative estimate of drug-likeness (QED) is 0.344. The van der Waals surface area contributed by atoms with E-state index >= 15 is 0 Å². The summed E-state index contributed by atoms with van der Waals surface area (Å²) in [7, 11) is 0. The minimum absolute atomic E-state index is 0.00237. The highest BCUT2D eigenvalue weighted by atomic mass is 32.2. The van der Waals surface area contributed by atoms with E-state index in [4.69, 9.17) is 4.74 Å². The van der Waals surface area contributed by atoms with E-state index in [0.29, 0.717) is 27.3 Å². The summed E-state index contributed by atoms with van der Waals surface area (Å²) in [6.07, 6.45) is 1.80. The van der Waals surface area contributed by atoms with Gasteiger partial charge in [0.05, 0.1) is 10.5 Å². The van der Waals surface area contributed by atoms with Gasteiger partial charge in [0.1, 0.15) is 5.75 Å². The zero-order chi connectivity index (χ0) is 18.8. The number of benzene rings is 3. The van der Waals surface area contributed by atoms with Crippen molar-refractivity contribution < 1.29 is 14.3 Å². The Morgan fingerprint density at radius 3 is 2.48 bits per heavy atom. The summed E-state index contributed by atoms with van der Waals surface area (Å²) in [5.41, 5.74) is 2.93. The fourth-order valence-corrected chi connectivity index (χ4v) is 3.93. The molecule has 3 nitrogen and oxygen atoms in total. The number of Topliss-reactive ketones (excluding diaryl/α,β-unsaturated/α-hetero) is 1. The van der Waals surface area contributed by atoms with E-state index < -0.39 is 5.97 Å². The van der Waals surface area contributed by atoms with E-state index in [1.165, 1.54) is 11.8 Å². The molecule has 1 aliphatic heterocycles. The third kappa shape index (κ3) is 3.57. The monoisotopic (exact) mass is 372 g/mol. The molecule has 0 saturated carbocycles. The van der Waals surface area contributed by atoms with Gasteiger partial charge in [-0.25, -0.2) is 4.79 Å². The fourth-order valence-electron chi connectivity index (χ4n) is 2.88. The molecule has 132 valence electrons. The van der Waals surface area contributed by atoms with Crippen molar-refractivity contribution in [2.75, 3.05) is 0 Å². The lowest BCUT2D eigenvalue weighted by atomic mass is 10.1. The van der Waals surface area contributed by atoms with Crippen LogP contribution in [0.15, 0.2) is 82.6 Å². The maximum atomic E-state index is 12.6. The highest BCUT2D eigenvalue weighted by molar-refractivity contribution is 8.04. The van der Waals surface area contributed by atoms with E-state index in [0.717, 1.165) is 10.5 Å². The van der Waals surface area contributed by atoms with Crippen LogP contribution >= 0.6 is 11.8 Å². The van der Waals surface area contributed by atoms with Crippen LogP contribution in [-0.2, 0) is 0 Å². The summed E-state index contributed by atoms with van der Waals surface area (Å²) in [4.78, 5) is 26.6. The van der Waals surface area contributed by atoms with Crippen molar-refractivity contribution in [1.29, 1.82) is 0 Å². The van der Waals surface area contributed by atoms with Gasteiger partial charge in [-0.3, -0.25) is 4.79 Å². The van der Waals surface area contributed by atoms with Gasteiger partial charge in [-0.1, -0.05) is 53.7 Å². The lowest BCUT2D eigenvalue weighted by Gasteiger charge is -2.09. The van der Waals surface area contributed by atoms with Crippen molar-refractivity contribution in [1.82, 2.24) is 0 Å². The Hall–Kier alpha value is -3.11. The number of carbonyl (C=O) groups excluding carboxylic acids is 2. The summed E-state index contributed by atoms with van der Waals surface area (Å²) in [5, 5.41) is 0. The van der Waals surface area contributed by atoms with Crippen LogP contribution in [0.1, 0.15) is 31.8 Å². The van der Waals surface area contributed by atoms with Crippen molar-refractivity contribution in [2.45, 2.75) is 11.8 Å². The Morgan fingerprint density at radius 2 is 1.70 bits per heavy atom. The zero-order valence-electron chi connectivity index (χ0n) is 14.6. The molecule has 0 unspecified atom stereocenters. The standard InChI is InChI=1S/C23H16O3S/c1-15-11-12-19(26-23(25)16-7-3-2-4-8-16)17(13-15)14-21-22(24)18-9-5-6-10-20(18)27-21/h2-14H,1H3/b21-14+. The Balaban J connectivity index is 1.67. The molecule has 0 N–H and O–H groups in total. The highest BCUT2D eigenvalue weighted by Gasteiger charge is 2.25. The van der Waals surface area contributed by atoms with E-state index in [1.54, 1.807) is 36.4 Å². The molecule has 1 aliphatic rings. The summed E-state index contributed by atoms with van der Waals surface area (Å²) < 4.78 is 5.61. The topological polar surface area (TPSA) is 43.4 Å². The number of thioether (sulfide) groups is 1. The molecule has 0 fully saturated rings. The van der Waals surface area contributed by atoms with E-state index in [-0.39, 0.29) is 5.78 Å². The minimum Gasteiger partial charge on any atom is -0.422 e. The number of esters is 1. The third-order valence-electron chi connectivity index (χ3n) is 4.24. The SMILES string of the molecule is Cc1ccc(OC(=O)c2ccccc2)c(/C=C2/Sc3ccccc3C2=O)c1. The van der Waals surface area contributed by atoms with Crippen LogP contribution in [0.5, 0.6) is 5.75 Å². The van der Waals surface area contributed by atoms with Crippen molar-refractivity contribution in [2.24, 2.45) is 0 Å². The van der Waals surface area contributed by atoms with Gasteiger partial charge in [0.2, 0.25) is 5.78 Å². The first-order valence-corrected chi connectivity index (χ1v) is 9.34. The number of allylic oxidation sites excluding steroid dienone is 1. The molecule has 0 radical (unpaired) electrons. The summed E-state index contributed by atoms with van der Waals surface area (Å²) in [6.45, 7) is 1.96. The van der Waals surface area contributed by atoms with Gasteiger partial charge in [0, 0.05) is 16.0 Å². The van der Waals surface area contributed by atoms with Crippen molar-refractivity contribution >= 4 is 29.6 Å². The van der Waals surface area contributed by atoms with Crippen LogP contribution in [0, 0.1) is 6.92 Å². The van der Waals surface area contributed by atoms with Gasteiger partial charge in [-0.15, -0.1) is 0 Å². The number of ketones is 1. The van der Waals surface area contributed by atoms with E-state index in [9.17, 15) is 9.59 Å². The molecular weight excluding hydrogens is 356 g/mol. The molecule has 0 saturated heterocycles. The average Bonchev–Trinajstić information content (AvgIpc) is 3.00. The number of fused-ring (bicyclic) bond motifs is 1. The Morgan fingerprint density at radius 1 is 0.963 bits per heavy atom. The smallest absolute Gasteiger partial charge is 0.343 e. The lowest BCUT2D eigenvalue weighted by molar-refractivity contribution is 0.0734. The second-order valence-corrected chi connectivity index (χ2v) is 7.32. The van der Waals surface area contributed by atoms with Crippen LogP contribution in [0.4, 0.5) is 0 Å². The molecule has 0 atom stereocenters. The number of hydrogen-bond acceptors (Lipinski definition) is 4. The molecule has 3 aromatic rings. The molecule has 0 bridgehead atoms. The molecule has 0 amide bonds. The Kier molecular flexibility index (Phi) is 4.65. The highest BCUT2D eigenvalue weighted by Crippen LogP contribution is 2.41. The molecule has 4 heteroatoms. The predicted molar refractivity (Wildman–Crippen MR) is 107 cm³/mol. The van der Waals surface area contributed by atoms with Crippen LogP contribution in [0.25, 0.3) is 6.08 Å². The van der Waals surface area contributed by atoms with Crippen LogP contribution in [0.3, 0.4) is 0 Å². The minimum atomic E-state index is -0.423. The van der Waals surface area contributed by atoms with Gasteiger partial charge in [0.25, 0.3) is 0 Å². The molecule has 1 heterocycles. The molecular formula is C23H16O3S. The van der Waals surface area contributed by atoms with Gasteiger partial charge in [0.15, 0.2) is 0 Å². The summed E-state index contributed by atoms with van der Waals surface area (Å²) in [5.74, 6) is 0.0107. The maximum absolute atomic E-state index is 12.6. The first kappa shape index (κ1) is 17.3. The summed E-state index contributed by atoms with van der Waals surface area (Å²) in [6, 6.07) is 22.0. The Bertz CT molecular complexity index is 1070. The average molecular weight is 372 g/mol. The van der Waals surface area contributed by atoms with E-state index in [2.05, 4.69) is 0 Å². The van der Waals surface area contributed by atoms with Crippen molar-refractivity contribution in [3.63, 3.8) is 0 Å². The molecule has 0 aromatic heterocycles. The second-order valence-electron chi connectivity index (χ2n) is 6.23. The second kappa shape index (κ2) is 7.25. The number of hydrogen-bond donors (Lipinski definition) is 0. The molecule has 0 spiro atoms. The fraction of sp³-hybridized carbons (Fsp3) is 0.0435. The molecule has 3 aromatic carbocycles. The van der Waals surface area contributed by atoms with Crippen molar-refractivity contribution in [3.05, 3.63) is 100.0 Å². The van der Waals surface area contributed by atoms with Gasteiger partial charge in [-0.2, -0.15) is 0 Å². The number of carbonyl (C=O) groups is 2. The number of aryl methyl sites for hydroxylation is 1. The van der Waals surface area contributed by atoms with E-state index in [1.807, 2.05) is 49.4 Å². The maximum Gasteiger partial charge on any atom is 0.343 e. The van der Waals surface area contributed by atoms with Crippen molar-refractivity contribution in [3.8, 4) is 5.75 Å². The first-order valence-electron chi connectivity index (χ1n) is 8.53. The van der Waals surface area contributed by atoms with Gasteiger partial charge < -0.3 is 4.74 Å².